The molecule has 1 aliphatic carbocycles. The monoisotopic (exact) mass is 298 g/mol. The molecule has 0 unspecified atom stereocenters. The van der Waals surface area contributed by atoms with Crippen LogP contribution in [0.1, 0.15) is 19.8 Å². The molecule has 0 atom stereocenters. The molecule has 1 spiro atoms. The Hall–Kier alpha value is -1.99. The molecular formula is C13H18N2O6. The summed E-state index contributed by atoms with van der Waals surface area (Å²) in [7, 11) is 0. The van der Waals surface area contributed by atoms with Crippen molar-refractivity contribution in [3.8, 4) is 0 Å². The highest BCUT2D eigenvalue weighted by molar-refractivity contribution is 5.75. The lowest BCUT2D eigenvalue weighted by molar-refractivity contribution is -0.155. The molecule has 3 rings (SSSR count). The lowest BCUT2D eigenvalue weighted by Crippen LogP contribution is -2.70. The van der Waals surface area contributed by atoms with Crippen LogP contribution in [-0.2, 0) is 19.0 Å². The van der Waals surface area contributed by atoms with E-state index in [0.29, 0.717) is 32.5 Å². The van der Waals surface area contributed by atoms with Gasteiger partial charge in [0.1, 0.15) is 18.2 Å². The van der Waals surface area contributed by atoms with E-state index in [0.717, 1.165) is 0 Å². The van der Waals surface area contributed by atoms with Crippen LogP contribution in [0, 0.1) is 5.92 Å². The van der Waals surface area contributed by atoms with Crippen LogP contribution in [0.2, 0.25) is 0 Å². The van der Waals surface area contributed by atoms with Crippen molar-refractivity contribution in [1.29, 1.82) is 0 Å². The summed E-state index contributed by atoms with van der Waals surface area (Å²) in [6, 6.07) is 0. The average molecular weight is 298 g/mol. The Labute approximate surface area is 121 Å². The van der Waals surface area contributed by atoms with Crippen LogP contribution < -0.4 is 5.32 Å². The number of esters is 1. The highest BCUT2D eigenvalue weighted by Gasteiger charge is 2.52. The number of likely N-dealkylation sites (tertiary alicyclic amines) is 1. The van der Waals surface area contributed by atoms with Crippen LogP contribution >= 0.6 is 0 Å². The summed E-state index contributed by atoms with van der Waals surface area (Å²) in [6.45, 7) is 3.20. The second-order valence-electron chi connectivity index (χ2n) is 5.76. The second-order valence-corrected chi connectivity index (χ2v) is 5.76. The van der Waals surface area contributed by atoms with E-state index in [4.69, 9.17) is 14.2 Å². The number of rotatable bonds is 3. The van der Waals surface area contributed by atoms with Gasteiger partial charge in [-0.25, -0.2) is 9.59 Å². The van der Waals surface area contributed by atoms with E-state index in [2.05, 4.69) is 5.32 Å². The first-order valence-corrected chi connectivity index (χ1v) is 7.08. The molecule has 3 fully saturated rings. The van der Waals surface area contributed by atoms with Crippen LogP contribution in [0.25, 0.3) is 0 Å². The van der Waals surface area contributed by atoms with Gasteiger partial charge in [0, 0.05) is 0 Å². The van der Waals surface area contributed by atoms with Crippen LogP contribution in [0.15, 0.2) is 0 Å². The number of amides is 2. The molecule has 0 aromatic rings. The molecule has 0 bridgehead atoms. The first kappa shape index (κ1) is 14.0. The third-order valence-corrected chi connectivity index (χ3v) is 4.07. The van der Waals surface area contributed by atoms with Crippen LogP contribution in [0.3, 0.4) is 0 Å². The first-order chi connectivity index (χ1) is 10.0. The van der Waals surface area contributed by atoms with Gasteiger partial charge in [-0.05, 0) is 19.8 Å². The van der Waals surface area contributed by atoms with Gasteiger partial charge in [-0.3, -0.25) is 4.79 Å². The SMILES string of the molecule is CCOC(=O)C1CC(OC(=O)N2CC3(COC(=O)N3)C2)C1. The van der Waals surface area contributed by atoms with Crippen molar-refractivity contribution in [2.24, 2.45) is 5.92 Å². The number of hydrogen-bond acceptors (Lipinski definition) is 6. The fourth-order valence-corrected chi connectivity index (χ4v) is 2.81. The number of nitrogens with zero attached hydrogens (tertiary/aromatic N) is 1. The van der Waals surface area contributed by atoms with E-state index < -0.39 is 17.7 Å². The third kappa shape index (κ3) is 2.62. The number of ether oxygens (including phenoxy) is 3. The Kier molecular flexibility index (Phi) is 3.38. The normalized spacial score (nSPS) is 29.0. The smallest absolute Gasteiger partial charge is 0.410 e. The maximum atomic E-state index is 11.9. The minimum absolute atomic E-state index is 0.159. The third-order valence-electron chi connectivity index (χ3n) is 4.07. The number of nitrogens with one attached hydrogen (secondary N) is 1. The van der Waals surface area contributed by atoms with Crippen molar-refractivity contribution in [3.05, 3.63) is 0 Å². The quantitative estimate of drug-likeness (QED) is 0.593. The topological polar surface area (TPSA) is 94.2 Å². The second kappa shape index (κ2) is 5.09. The molecule has 0 radical (unpaired) electrons. The summed E-state index contributed by atoms with van der Waals surface area (Å²) in [5, 5.41) is 2.70. The summed E-state index contributed by atoms with van der Waals surface area (Å²) < 4.78 is 15.0. The zero-order valence-electron chi connectivity index (χ0n) is 11.8. The van der Waals surface area contributed by atoms with Crippen molar-refractivity contribution in [3.63, 3.8) is 0 Å². The summed E-state index contributed by atoms with van der Waals surface area (Å²) in [5.41, 5.74) is -0.441. The highest BCUT2D eigenvalue weighted by atomic mass is 16.6. The Bertz CT molecular complexity index is 467. The van der Waals surface area contributed by atoms with E-state index in [9.17, 15) is 14.4 Å². The maximum absolute atomic E-state index is 11.9. The van der Waals surface area contributed by atoms with Crippen molar-refractivity contribution < 1.29 is 28.6 Å². The molecule has 116 valence electrons. The highest BCUT2D eigenvalue weighted by Crippen LogP contribution is 2.33. The molecule has 3 aliphatic rings. The summed E-state index contributed by atoms with van der Waals surface area (Å²) in [5.74, 6) is -0.383. The van der Waals surface area contributed by atoms with Gasteiger partial charge in [0.05, 0.1) is 25.6 Å². The van der Waals surface area contributed by atoms with E-state index in [1.54, 1.807) is 6.92 Å². The van der Waals surface area contributed by atoms with Gasteiger partial charge in [-0.2, -0.15) is 0 Å². The zero-order chi connectivity index (χ0) is 15.0. The van der Waals surface area contributed by atoms with Gasteiger partial charge in [0.25, 0.3) is 0 Å². The molecule has 1 N–H and O–H groups in total. The maximum Gasteiger partial charge on any atom is 0.410 e. The van der Waals surface area contributed by atoms with Crippen LogP contribution in [-0.4, -0.2) is 61.0 Å². The Morgan fingerprint density at radius 3 is 2.71 bits per heavy atom. The van der Waals surface area contributed by atoms with Crippen molar-refractivity contribution in [1.82, 2.24) is 10.2 Å². The molecule has 21 heavy (non-hydrogen) atoms. The molecule has 2 amide bonds. The van der Waals surface area contributed by atoms with Crippen molar-refractivity contribution in [2.75, 3.05) is 26.3 Å². The summed E-state index contributed by atoms with van der Waals surface area (Å²) in [4.78, 5) is 35.8. The fraction of sp³-hybridized carbons (Fsp3) is 0.769. The Morgan fingerprint density at radius 1 is 1.43 bits per heavy atom. The predicted molar refractivity (Wildman–Crippen MR) is 68.4 cm³/mol. The molecule has 0 aromatic carbocycles. The average Bonchev–Trinajstić information content (AvgIpc) is 2.73. The number of cyclic esters (lactones) is 1. The largest absolute Gasteiger partial charge is 0.466 e. The van der Waals surface area contributed by atoms with Gasteiger partial charge in [0.15, 0.2) is 0 Å². The number of hydrogen-bond donors (Lipinski definition) is 1. The number of carbonyl (C=O) groups is 3. The van der Waals surface area contributed by atoms with E-state index in [1.807, 2.05) is 0 Å². The van der Waals surface area contributed by atoms with Crippen LogP contribution in [0.5, 0.6) is 0 Å². The number of carbonyl (C=O) groups excluding carboxylic acids is 3. The number of alkyl carbamates (subject to hydrolysis) is 1. The molecule has 8 heteroatoms. The minimum Gasteiger partial charge on any atom is -0.466 e. The fourth-order valence-electron chi connectivity index (χ4n) is 2.81. The van der Waals surface area contributed by atoms with E-state index >= 15 is 0 Å². The minimum atomic E-state index is -0.445. The molecule has 2 saturated heterocycles. The van der Waals surface area contributed by atoms with Gasteiger partial charge < -0.3 is 24.4 Å². The Morgan fingerprint density at radius 2 is 2.14 bits per heavy atom. The van der Waals surface area contributed by atoms with E-state index in [-0.39, 0.29) is 24.6 Å². The van der Waals surface area contributed by atoms with Gasteiger partial charge >= 0.3 is 18.2 Å². The molecular weight excluding hydrogens is 280 g/mol. The summed E-state index contributed by atoms with van der Waals surface area (Å²) in [6.07, 6.45) is -0.0430. The molecule has 0 aromatic heterocycles. The van der Waals surface area contributed by atoms with Gasteiger partial charge in [-0.15, -0.1) is 0 Å². The lowest BCUT2D eigenvalue weighted by atomic mass is 9.82. The van der Waals surface area contributed by atoms with Gasteiger partial charge in [-0.1, -0.05) is 0 Å². The standard InChI is InChI=1S/C13H18N2O6/c1-2-19-10(16)8-3-9(4-8)21-12(18)15-5-13(6-15)7-20-11(17)14-13/h8-9H,2-7H2,1H3,(H,14,17). The first-order valence-electron chi connectivity index (χ1n) is 7.08. The lowest BCUT2D eigenvalue weighted by Gasteiger charge is -2.46. The van der Waals surface area contributed by atoms with Gasteiger partial charge in [0.2, 0.25) is 0 Å². The molecule has 8 nitrogen and oxygen atoms in total. The van der Waals surface area contributed by atoms with Crippen molar-refractivity contribution >= 4 is 18.2 Å². The molecule has 1 saturated carbocycles. The van der Waals surface area contributed by atoms with E-state index in [1.165, 1.54) is 4.90 Å². The zero-order valence-corrected chi connectivity index (χ0v) is 11.8. The summed E-state index contributed by atoms with van der Waals surface area (Å²) >= 11 is 0. The Balaban J connectivity index is 1.37. The predicted octanol–water partition coefficient (Wildman–Crippen LogP) is 0.259. The molecule has 2 aliphatic heterocycles. The molecule has 2 heterocycles. The van der Waals surface area contributed by atoms with Crippen LogP contribution in [0.4, 0.5) is 9.59 Å². The van der Waals surface area contributed by atoms with Crippen molar-refractivity contribution in [2.45, 2.75) is 31.4 Å².